The summed E-state index contributed by atoms with van der Waals surface area (Å²) >= 11 is 0. The van der Waals surface area contributed by atoms with Crippen LogP contribution in [0.3, 0.4) is 0 Å². The Morgan fingerprint density at radius 3 is 3.00 bits per heavy atom. The van der Waals surface area contributed by atoms with Crippen molar-refractivity contribution >= 4 is 11.7 Å². The molecule has 5 heteroatoms. The number of ketones is 1. The summed E-state index contributed by atoms with van der Waals surface area (Å²) in [6, 6.07) is 0. The van der Waals surface area contributed by atoms with Crippen molar-refractivity contribution < 1.29 is 14.0 Å². The number of fused-ring (bicyclic) bond motifs is 1. The highest BCUT2D eigenvalue weighted by Crippen LogP contribution is 2.36. The molecule has 1 aromatic heterocycles. The first-order chi connectivity index (χ1) is 10.7. The molecule has 1 atom stereocenters. The molecule has 2 aliphatic heterocycles. The van der Waals surface area contributed by atoms with Crippen LogP contribution in [-0.2, 0) is 6.42 Å². The highest BCUT2D eigenvalue weighted by molar-refractivity contribution is 6.09. The lowest BCUT2D eigenvalue weighted by atomic mass is 9.79. The Balaban J connectivity index is 1.59. The Labute approximate surface area is 130 Å². The van der Waals surface area contributed by atoms with Gasteiger partial charge in [-0.1, -0.05) is 0 Å². The normalized spacial score (nSPS) is 28.2. The van der Waals surface area contributed by atoms with Gasteiger partial charge in [0.05, 0.1) is 11.1 Å². The van der Waals surface area contributed by atoms with E-state index in [2.05, 4.69) is 5.32 Å². The molecule has 2 saturated heterocycles. The first-order valence-electron chi connectivity index (χ1n) is 8.32. The lowest BCUT2D eigenvalue weighted by molar-refractivity contribution is 0.0550. The van der Waals surface area contributed by atoms with E-state index in [1.165, 1.54) is 12.7 Å². The van der Waals surface area contributed by atoms with Gasteiger partial charge in [-0.3, -0.25) is 9.59 Å². The van der Waals surface area contributed by atoms with Gasteiger partial charge < -0.3 is 14.6 Å². The average molecular weight is 302 g/mol. The van der Waals surface area contributed by atoms with Crippen molar-refractivity contribution in [2.45, 2.75) is 38.5 Å². The fraction of sp³-hybridized carbons (Fsp3) is 0.647. The Kier molecular flexibility index (Phi) is 3.33. The molecular formula is C17H22N2O3. The van der Waals surface area contributed by atoms with E-state index in [1.54, 1.807) is 0 Å². The summed E-state index contributed by atoms with van der Waals surface area (Å²) in [5.41, 5.74) is 1.28. The quantitative estimate of drug-likeness (QED) is 0.862. The minimum atomic E-state index is -0.0220. The minimum Gasteiger partial charge on any atom is -0.468 e. The molecule has 3 aliphatic rings. The van der Waals surface area contributed by atoms with Crippen molar-refractivity contribution in [1.29, 1.82) is 0 Å². The number of likely N-dealkylation sites (tertiary alicyclic amines) is 1. The summed E-state index contributed by atoms with van der Waals surface area (Å²) < 4.78 is 5.51. The van der Waals surface area contributed by atoms with Gasteiger partial charge in [0.1, 0.15) is 12.0 Å². The van der Waals surface area contributed by atoms with Crippen molar-refractivity contribution in [1.82, 2.24) is 10.2 Å². The van der Waals surface area contributed by atoms with Gasteiger partial charge >= 0.3 is 0 Å². The number of furan rings is 1. The standard InChI is InChI=1S/C17H22N2O3/c20-13-3-1-4-14-15(13)12(9-22-14)16(21)19-8-2-5-17(11-19)6-7-18-10-17/h9,18H,1-8,10-11H2/t17-/m1/s1. The molecule has 0 bridgehead atoms. The monoisotopic (exact) mass is 302 g/mol. The number of rotatable bonds is 1. The van der Waals surface area contributed by atoms with Gasteiger partial charge in [0, 0.05) is 37.9 Å². The van der Waals surface area contributed by atoms with Gasteiger partial charge in [-0.25, -0.2) is 0 Å². The van der Waals surface area contributed by atoms with Crippen LogP contribution in [-0.4, -0.2) is 42.8 Å². The number of amides is 1. The number of piperidine rings is 1. The maximum absolute atomic E-state index is 12.9. The number of nitrogens with one attached hydrogen (secondary N) is 1. The molecule has 0 saturated carbocycles. The van der Waals surface area contributed by atoms with Crippen LogP contribution in [0.25, 0.3) is 0 Å². The maximum atomic E-state index is 12.9. The number of nitrogens with zero attached hydrogens (tertiary/aromatic N) is 1. The Bertz CT molecular complexity index is 613. The van der Waals surface area contributed by atoms with E-state index in [1.807, 2.05) is 4.90 Å². The lowest BCUT2D eigenvalue weighted by Gasteiger charge is -2.40. The van der Waals surface area contributed by atoms with Crippen molar-refractivity contribution in [3.05, 3.63) is 23.2 Å². The van der Waals surface area contributed by atoms with Crippen LogP contribution in [0.15, 0.2) is 10.7 Å². The zero-order valence-corrected chi connectivity index (χ0v) is 12.8. The molecule has 118 valence electrons. The number of aryl methyl sites for hydroxylation is 1. The molecule has 1 spiro atoms. The number of hydrogen-bond donors (Lipinski definition) is 1. The first-order valence-corrected chi connectivity index (χ1v) is 8.32. The van der Waals surface area contributed by atoms with Gasteiger partial charge in [0.15, 0.2) is 5.78 Å². The van der Waals surface area contributed by atoms with Gasteiger partial charge in [-0.15, -0.1) is 0 Å². The zero-order valence-electron chi connectivity index (χ0n) is 12.8. The average Bonchev–Trinajstić information content (AvgIpc) is 3.15. The number of carbonyl (C=O) groups is 2. The molecule has 1 amide bonds. The third kappa shape index (κ3) is 2.19. The summed E-state index contributed by atoms with van der Waals surface area (Å²) in [6.07, 6.45) is 6.99. The highest BCUT2D eigenvalue weighted by Gasteiger charge is 2.40. The fourth-order valence-electron chi connectivity index (χ4n) is 4.28. The van der Waals surface area contributed by atoms with Gasteiger partial charge in [0.25, 0.3) is 5.91 Å². The van der Waals surface area contributed by atoms with Crippen molar-refractivity contribution in [3.8, 4) is 0 Å². The number of Topliss-reactive ketones (excluding diaryl/α,β-unsaturated/α-hetero) is 1. The molecule has 0 aromatic carbocycles. The Morgan fingerprint density at radius 2 is 2.18 bits per heavy atom. The number of hydrogen-bond acceptors (Lipinski definition) is 4. The fourth-order valence-corrected chi connectivity index (χ4v) is 4.28. The smallest absolute Gasteiger partial charge is 0.257 e. The largest absolute Gasteiger partial charge is 0.468 e. The molecule has 5 nitrogen and oxygen atoms in total. The molecule has 1 aromatic rings. The maximum Gasteiger partial charge on any atom is 0.257 e. The van der Waals surface area contributed by atoms with E-state index in [-0.39, 0.29) is 17.1 Å². The van der Waals surface area contributed by atoms with Crippen LogP contribution >= 0.6 is 0 Å². The van der Waals surface area contributed by atoms with Gasteiger partial charge in [-0.05, 0) is 32.2 Å². The molecule has 0 radical (unpaired) electrons. The van der Waals surface area contributed by atoms with Crippen LogP contribution in [0.2, 0.25) is 0 Å². The lowest BCUT2D eigenvalue weighted by Crippen LogP contribution is -2.47. The van der Waals surface area contributed by atoms with Gasteiger partial charge in [0.2, 0.25) is 0 Å². The summed E-state index contributed by atoms with van der Waals surface area (Å²) in [6.45, 7) is 3.63. The highest BCUT2D eigenvalue weighted by atomic mass is 16.3. The predicted octanol–water partition coefficient (Wildman–Crippen LogP) is 2.01. The van der Waals surface area contributed by atoms with E-state index < -0.39 is 0 Å². The van der Waals surface area contributed by atoms with Crippen molar-refractivity contribution in [2.75, 3.05) is 26.2 Å². The second-order valence-corrected chi connectivity index (χ2v) is 6.98. The van der Waals surface area contributed by atoms with E-state index >= 15 is 0 Å². The molecule has 3 heterocycles. The molecule has 0 unspecified atom stereocenters. The number of carbonyl (C=O) groups excluding carboxylic acids is 2. The van der Waals surface area contributed by atoms with Gasteiger partial charge in [-0.2, -0.15) is 0 Å². The first kappa shape index (κ1) is 14.0. The summed E-state index contributed by atoms with van der Waals surface area (Å²) in [7, 11) is 0. The van der Waals surface area contributed by atoms with E-state index in [0.29, 0.717) is 23.3 Å². The predicted molar refractivity (Wildman–Crippen MR) is 81.0 cm³/mol. The SMILES string of the molecule is O=C1CCCc2occ(C(=O)N3CCC[C@]4(CCNC4)C3)c21. The van der Waals surface area contributed by atoms with Crippen LogP contribution in [0.4, 0.5) is 0 Å². The molecule has 2 fully saturated rings. The molecule has 1 aliphatic carbocycles. The molecule has 22 heavy (non-hydrogen) atoms. The topological polar surface area (TPSA) is 62.6 Å². The molecule has 1 N–H and O–H groups in total. The van der Waals surface area contributed by atoms with Crippen LogP contribution < -0.4 is 5.32 Å². The summed E-state index contributed by atoms with van der Waals surface area (Å²) in [5.74, 6) is 0.743. The Morgan fingerprint density at radius 1 is 1.27 bits per heavy atom. The van der Waals surface area contributed by atoms with Crippen LogP contribution in [0.5, 0.6) is 0 Å². The summed E-state index contributed by atoms with van der Waals surface area (Å²) in [4.78, 5) is 27.0. The third-order valence-corrected chi connectivity index (χ3v) is 5.46. The van der Waals surface area contributed by atoms with Crippen molar-refractivity contribution in [2.24, 2.45) is 5.41 Å². The molecule has 4 rings (SSSR count). The van der Waals surface area contributed by atoms with Crippen LogP contribution in [0, 0.1) is 5.41 Å². The van der Waals surface area contributed by atoms with Crippen molar-refractivity contribution in [3.63, 3.8) is 0 Å². The van der Waals surface area contributed by atoms with Crippen LogP contribution in [0.1, 0.15) is 58.6 Å². The zero-order chi connectivity index (χ0) is 15.2. The Hall–Kier alpha value is -1.62. The minimum absolute atomic E-state index is 0.0220. The van der Waals surface area contributed by atoms with E-state index in [9.17, 15) is 9.59 Å². The molecular weight excluding hydrogens is 280 g/mol. The third-order valence-electron chi connectivity index (χ3n) is 5.46. The second-order valence-electron chi connectivity index (χ2n) is 6.98. The second kappa shape index (κ2) is 5.23. The van der Waals surface area contributed by atoms with E-state index in [0.717, 1.165) is 51.9 Å². The summed E-state index contributed by atoms with van der Waals surface area (Å²) in [5, 5.41) is 3.42. The van der Waals surface area contributed by atoms with E-state index in [4.69, 9.17) is 4.42 Å².